The van der Waals surface area contributed by atoms with Crippen molar-refractivity contribution >= 4 is 35.1 Å². The molecule has 1 heterocycles. The third-order valence-corrected chi connectivity index (χ3v) is 5.31. The number of fused-ring (bicyclic) bond motifs is 2. The van der Waals surface area contributed by atoms with Crippen LogP contribution < -0.4 is 0 Å². The molecule has 0 amide bonds. The number of ketones is 1. The zero-order valence-electron chi connectivity index (χ0n) is 12.5. The zero-order chi connectivity index (χ0) is 15.9. The van der Waals surface area contributed by atoms with Crippen molar-refractivity contribution in [2.24, 2.45) is 11.8 Å². The molecule has 2 fully saturated rings. The number of carbonyl (C=O) groups is 1. The molecule has 2 bridgehead atoms. The molecule has 1 aliphatic carbocycles. The lowest BCUT2D eigenvalue weighted by molar-refractivity contribution is -0.415. The molecule has 3 nitrogen and oxygen atoms in total. The second-order valence-electron chi connectivity index (χ2n) is 6.29. The van der Waals surface area contributed by atoms with Crippen molar-refractivity contribution in [3.8, 4) is 0 Å². The first-order valence-corrected chi connectivity index (χ1v) is 8.16. The summed E-state index contributed by atoms with van der Waals surface area (Å²) in [5.41, 5.74) is 0.225. The van der Waals surface area contributed by atoms with Crippen molar-refractivity contribution in [2.75, 3.05) is 0 Å². The molecular formula is C17H18Cl2O3. The van der Waals surface area contributed by atoms with Crippen LogP contribution in [0.3, 0.4) is 0 Å². The van der Waals surface area contributed by atoms with Crippen LogP contribution in [0.4, 0.5) is 0 Å². The summed E-state index contributed by atoms with van der Waals surface area (Å²) in [6.45, 7) is 3.84. The van der Waals surface area contributed by atoms with E-state index in [1.54, 1.807) is 12.1 Å². The van der Waals surface area contributed by atoms with Crippen LogP contribution in [0.25, 0.3) is 6.08 Å². The van der Waals surface area contributed by atoms with Crippen molar-refractivity contribution in [2.45, 2.75) is 38.4 Å². The Balaban J connectivity index is 1.82. The summed E-state index contributed by atoms with van der Waals surface area (Å²) in [4.78, 5) is 23.2. The largest absolute Gasteiger partial charge is 0.299 e. The minimum Gasteiger partial charge on any atom is -0.299 e. The Morgan fingerprint density at radius 2 is 2.14 bits per heavy atom. The maximum atomic E-state index is 12.1. The normalized spacial score (nSPS) is 35.1. The summed E-state index contributed by atoms with van der Waals surface area (Å²) in [5.74, 6) is 0.279. The number of benzene rings is 1. The highest BCUT2D eigenvalue weighted by Crippen LogP contribution is 2.43. The summed E-state index contributed by atoms with van der Waals surface area (Å²) in [6.07, 6.45) is 5.04. The average molecular weight is 341 g/mol. The van der Waals surface area contributed by atoms with Gasteiger partial charge < -0.3 is 0 Å². The standard InChI is InChI=1S/C17H18Cl2O3/c1-10-15(20)7-12-8-16(10)21-22-17(12,2)6-5-11-3-4-13(18)9-14(11)19/h3-6,9-10,12,16H,7-8H2,1-2H3/b6-5-/t10-,12+,16+,17+/m1/s1. The van der Waals surface area contributed by atoms with E-state index >= 15 is 0 Å². The first kappa shape index (κ1) is 16.0. The van der Waals surface area contributed by atoms with Crippen LogP contribution in [0, 0.1) is 11.8 Å². The van der Waals surface area contributed by atoms with Crippen molar-refractivity contribution in [3.63, 3.8) is 0 Å². The molecule has 1 aromatic rings. The van der Waals surface area contributed by atoms with E-state index < -0.39 is 5.60 Å². The summed E-state index contributed by atoms with van der Waals surface area (Å²) >= 11 is 12.1. The van der Waals surface area contributed by atoms with E-state index in [1.165, 1.54) is 0 Å². The number of carbonyl (C=O) groups excluding carboxylic acids is 1. The number of halogens is 2. The third kappa shape index (κ3) is 2.95. The van der Waals surface area contributed by atoms with Gasteiger partial charge in [0.05, 0.1) is 0 Å². The van der Waals surface area contributed by atoms with Crippen LogP contribution in [-0.4, -0.2) is 17.5 Å². The molecule has 5 heteroatoms. The summed E-state index contributed by atoms with van der Waals surface area (Å²) < 4.78 is 0. The van der Waals surface area contributed by atoms with Gasteiger partial charge in [-0.15, -0.1) is 0 Å². The minimum atomic E-state index is -0.630. The summed E-state index contributed by atoms with van der Waals surface area (Å²) in [5, 5.41) is 1.18. The molecule has 1 saturated carbocycles. The molecule has 0 aromatic heterocycles. The Bertz CT molecular complexity index is 628. The molecule has 0 spiro atoms. The van der Waals surface area contributed by atoms with E-state index in [9.17, 15) is 4.79 Å². The van der Waals surface area contributed by atoms with Crippen LogP contribution in [0.15, 0.2) is 24.3 Å². The van der Waals surface area contributed by atoms with E-state index in [-0.39, 0.29) is 23.7 Å². The van der Waals surface area contributed by atoms with Gasteiger partial charge in [0.15, 0.2) is 0 Å². The van der Waals surface area contributed by atoms with Gasteiger partial charge in [0.25, 0.3) is 0 Å². The Morgan fingerprint density at radius 1 is 1.36 bits per heavy atom. The highest BCUT2D eigenvalue weighted by molar-refractivity contribution is 6.35. The van der Waals surface area contributed by atoms with Gasteiger partial charge in [0, 0.05) is 28.3 Å². The lowest BCUT2D eigenvalue weighted by atomic mass is 9.71. The smallest absolute Gasteiger partial charge is 0.138 e. The molecule has 3 rings (SSSR count). The third-order valence-electron chi connectivity index (χ3n) is 4.75. The van der Waals surface area contributed by atoms with E-state index in [1.807, 2.05) is 32.1 Å². The highest BCUT2D eigenvalue weighted by atomic mass is 35.5. The van der Waals surface area contributed by atoms with Crippen molar-refractivity contribution < 1.29 is 14.6 Å². The van der Waals surface area contributed by atoms with Crippen LogP contribution >= 0.6 is 23.2 Å². The maximum Gasteiger partial charge on any atom is 0.138 e. The fourth-order valence-electron chi connectivity index (χ4n) is 3.05. The second-order valence-corrected chi connectivity index (χ2v) is 7.14. The molecule has 0 radical (unpaired) electrons. The molecule has 0 N–H and O–H groups in total. The molecule has 118 valence electrons. The zero-order valence-corrected chi connectivity index (χ0v) is 14.0. The lowest BCUT2D eigenvalue weighted by Crippen LogP contribution is -2.51. The van der Waals surface area contributed by atoms with Crippen molar-refractivity contribution in [3.05, 3.63) is 39.9 Å². The Kier molecular flexibility index (Phi) is 4.34. The lowest BCUT2D eigenvalue weighted by Gasteiger charge is -2.45. The number of Topliss-reactive ketones (excluding diaryl/α,β-unsaturated/α-hetero) is 1. The van der Waals surface area contributed by atoms with Crippen LogP contribution in [0.5, 0.6) is 0 Å². The topological polar surface area (TPSA) is 35.5 Å². The fourth-order valence-corrected chi connectivity index (χ4v) is 3.52. The van der Waals surface area contributed by atoms with Gasteiger partial charge >= 0.3 is 0 Å². The SMILES string of the molecule is C[C@@H]1C(=O)C[C@H]2C[C@@H]1OO[C@@]2(C)/C=C\c1ccc(Cl)cc1Cl. The van der Waals surface area contributed by atoms with Gasteiger partial charge in [0.1, 0.15) is 17.5 Å². The molecule has 1 aromatic carbocycles. The predicted octanol–water partition coefficient (Wildman–Crippen LogP) is 4.71. The molecule has 0 unspecified atom stereocenters. The van der Waals surface area contributed by atoms with Gasteiger partial charge in [-0.2, -0.15) is 0 Å². The van der Waals surface area contributed by atoms with E-state index in [0.29, 0.717) is 16.5 Å². The quantitative estimate of drug-likeness (QED) is 0.731. The average Bonchev–Trinajstić information content (AvgIpc) is 2.47. The Labute approximate surface area is 140 Å². The molecule has 4 atom stereocenters. The maximum absolute atomic E-state index is 12.1. The minimum absolute atomic E-state index is 0.0875. The van der Waals surface area contributed by atoms with Gasteiger partial charge in [0.2, 0.25) is 0 Å². The van der Waals surface area contributed by atoms with Gasteiger partial charge in [-0.3, -0.25) is 4.79 Å². The van der Waals surface area contributed by atoms with Gasteiger partial charge in [-0.05, 0) is 37.1 Å². The first-order valence-electron chi connectivity index (χ1n) is 7.40. The van der Waals surface area contributed by atoms with Crippen molar-refractivity contribution in [1.29, 1.82) is 0 Å². The van der Waals surface area contributed by atoms with Crippen LogP contribution in [-0.2, 0) is 14.6 Å². The summed E-state index contributed by atoms with van der Waals surface area (Å²) in [7, 11) is 0. The second kappa shape index (κ2) is 5.97. The van der Waals surface area contributed by atoms with Gasteiger partial charge in [-0.25, -0.2) is 9.78 Å². The van der Waals surface area contributed by atoms with Crippen LogP contribution in [0.2, 0.25) is 10.0 Å². The molecule has 2 aliphatic rings. The van der Waals surface area contributed by atoms with Crippen molar-refractivity contribution in [1.82, 2.24) is 0 Å². The van der Waals surface area contributed by atoms with E-state index in [0.717, 1.165) is 12.0 Å². The number of rotatable bonds is 2. The van der Waals surface area contributed by atoms with E-state index in [4.69, 9.17) is 33.0 Å². The number of hydrogen-bond acceptors (Lipinski definition) is 3. The molecule has 22 heavy (non-hydrogen) atoms. The van der Waals surface area contributed by atoms with Crippen LogP contribution in [0.1, 0.15) is 32.3 Å². The first-order chi connectivity index (χ1) is 10.4. The van der Waals surface area contributed by atoms with E-state index in [2.05, 4.69) is 0 Å². The Hall–Kier alpha value is -0.870. The monoisotopic (exact) mass is 340 g/mol. The van der Waals surface area contributed by atoms with Gasteiger partial charge in [-0.1, -0.05) is 42.3 Å². The fraction of sp³-hybridized carbons (Fsp3) is 0.471. The summed E-state index contributed by atoms with van der Waals surface area (Å²) in [6, 6.07) is 5.34. The predicted molar refractivity (Wildman–Crippen MR) is 86.8 cm³/mol. The Morgan fingerprint density at radius 3 is 2.86 bits per heavy atom. The number of hydrogen-bond donors (Lipinski definition) is 0. The molecule has 1 aliphatic heterocycles. The highest BCUT2D eigenvalue weighted by Gasteiger charge is 2.48. The molecular weight excluding hydrogens is 323 g/mol. The molecule has 1 saturated heterocycles.